The fourth-order valence-corrected chi connectivity index (χ4v) is 2.74. The number of anilines is 1. The molecule has 128 valence electrons. The highest BCUT2D eigenvalue weighted by Gasteiger charge is 2.15. The zero-order chi connectivity index (χ0) is 17.9. The number of hydrogen-bond acceptors (Lipinski definition) is 2. The Balaban J connectivity index is 1.97. The molecule has 24 heavy (non-hydrogen) atoms. The number of nitrogens with one attached hydrogen (secondary N) is 1. The number of amides is 1. The molecule has 0 saturated carbocycles. The lowest BCUT2D eigenvalue weighted by Crippen LogP contribution is -2.20. The van der Waals surface area contributed by atoms with E-state index in [1.807, 2.05) is 50.2 Å². The molecule has 0 saturated heterocycles. The van der Waals surface area contributed by atoms with Crippen LogP contribution in [-0.2, 0) is 10.2 Å². The van der Waals surface area contributed by atoms with Gasteiger partial charge in [0.15, 0.2) is 6.61 Å². The second-order valence-electron chi connectivity index (χ2n) is 7.03. The number of halogens is 1. The van der Waals surface area contributed by atoms with Crippen molar-refractivity contribution in [2.75, 3.05) is 11.9 Å². The van der Waals surface area contributed by atoms with E-state index in [1.165, 1.54) is 11.1 Å². The minimum atomic E-state index is -0.176. The Bertz CT molecular complexity index is 748. The van der Waals surface area contributed by atoms with E-state index in [0.717, 1.165) is 15.7 Å². The van der Waals surface area contributed by atoms with Crippen LogP contribution < -0.4 is 10.1 Å². The first-order valence-electron chi connectivity index (χ1n) is 7.97. The molecule has 0 spiro atoms. The molecule has 0 fully saturated rings. The molecule has 0 bridgehead atoms. The first-order chi connectivity index (χ1) is 11.2. The molecule has 0 aliphatic rings. The molecular formula is C20H24BrNO2. The van der Waals surface area contributed by atoms with Crippen LogP contribution in [0.5, 0.6) is 5.75 Å². The standard InChI is InChI=1S/C20H24BrNO2/c1-13-6-8-16(10-14(13)2)22-19(23)12-24-18-9-7-15(11-17(18)21)20(3,4)5/h6-11H,12H2,1-5H3,(H,22,23). The predicted molar refractivity (Wildman–Crippen MR) is 103 cm³/mol. The van der Waals surface area contributed by atoms with Gasteiger partial charge in [0, 0.05) is 5.69 Å². The van der Waals surface area contributed by atoms with E-state index in [-0.39, 0.29) is 17.9 Å². The summed E-state index contributed by atoms with van der Waals surface area (Å²) in [5.41, 5.74) is 4.42. The maximum absolute atomic E-state index is 12.1. The molecule has 0 heterocycles. The topological polar surface area (TPSA) is 38.3 Å². The summed E-state index contributed by atoms with van der Waals surface area (Å²) in [6.07, 6.45) is 0. The molecule has 0 unspecified atom stereocenters. The van der Waals surface area contributed by atoms with Gasteiger partial charge in [-0.2, -0.15) is 0 Å². The monoisotopic (exact) mass is 389 g/mol. The van der Waals surface area contributed by atoms with Gasteiger partial charge in [-0.15, -0.1) is 0 Å². The number of carbonyl (C=O) groups excluding carboxylic acids is 1. The lowest BCUT2D eigenvalue weighted by molar-refractivity contribution is -0.118. The third kappa shape index (κ3) is 4.84. The van der Waals surface area contributed by atoms with Gasteiger partial charge in [-0.1, -0.05) is 32.9 Å². The van der Waals surface area contributed by atoms with Crippen LogP contribution in [0.15, 0.2) is 40.9 Å². The highest BCUT2D eigenvalue weighted by Crippen LogP contribution is 2.31. The zero-order valence-electron chi connectivity index (χ0n) is 14.9. The smallest absolute Gasteiger partial charge is 0.262 e. The van der Waals surface area contributed by atoms with E-state index in [4.69, 9.17) is 4.74 Å². The van der Waals surface area contributed by atoms with Crippen LogP contribution >= 0.6 is 15.9 Å². The molecule has 0 aromatic heterocycles. The van der Waals surface area contributed by atoms with Gasteiger partial charge in [0.1, 0.15) is 5.75 Å². The number of aryl methyl sites for hydroxylation is 2. The lowest BCUT2D eigenvalue weighted by atomic mass is 9.87. The number of rotatable bonds is 4. The second kappa shape index (κ2) is 7.39. The van der Waals surface area contributed by atoms with Crippen molar-refractivity contribution in [3.8, 4) is 5.75 Å². The Labute approximate surface area is 152 Å². The van der Waals surface area contributed by atoms with E-state index in [1.54, 1.807) is 0 Å². The maximum Gasteiger partial charge on any atom is 0.262 e. The Morgan fingerprint density at radius 3 is 2.38 bits per heavy atom. The quantitative estimate of drug-likeness (QED) is 0.761. The van der Waals surface area contributed by atoms with Crippen LogP contribution in [0.1, 0.15) is 37.5 Å². The van der Waals surface area contributed by atoms with Crippen LogP contribution in [0.4, 0.5) is 5.69 Å². The molecule has 2 aromatic carbocycles. The maximum atomic E-state index is 12.1. The van der Waals surface area contributed by atoms with Crippen molar-refractivity contribution in [1.82, 2.24) is 0 Å². The van der Waals surface area contributed by atoms with Gasteiger partial charge < -0.3 is 10.1 Å². The molecule has 1 amide bonds. The SMILES string of the molecule is Cc1ccc(NC(=O)COc2ccc(C(C)(C)C)cc2Br)cc1C. The van der Waals surface area contributed by atoms with Gasteiger partial charge in [-0.3, -0.25) is 4.79 Å². The van der Waals surface area contributed by atoms with Crippen molar-refractivity contribution in [2.45, 2.75) is 40.0 Å². The lowest BCUT2D eigenvalue weighted by Gasteiger charge is -2.20. The summed E-state index contributed by atoms with van der Waals surface area (Å²) in [6.45, 7) is 10.5. The van der Waals surface area contributed by atoms with E-state index < -0.39 is 0 Å². The van der Waals surface area contributed by atoms with Gasteiger partial charge in [-0.25, -0.2) is 0 Å². The number of carbonyl (C=O) groups is 1. The van der Waals surface area contributed by atoms with Gasteiger partial charge in [-0.05, 0) is 76.1 Å². The van der Waals surface area contributed by atoms with E-state index in [2.05, 4.69) is 42.0 Å². The van der Waals surface area contributed by atoms with Crippen molar-refractivity contribution < 1.29 is 9.53 Å². The van der Waals surface area contributed by atoms with Crippen molar-refractivity contribution in [2.24, 2.45) is 0 Å². The van der Waals surface area contributed by atoms with E-state index in [0.29, 0.717) is 5.75 Å². The van der Waals surface area contributed by atoms with Crippen molar-refractivity contribution >= 4 is 27.5 Å². The second-order valence-corrected chi connectivity index (χ2v) is 7.89. The summed E-state index contributed by atoms with van der Waals surface area (Å²) in [6, 6.07) is 11.8. The first kappa shape index (κ1) is 18.5. The van der Waals surface area contributed by atoms with E-state index >= 15 is 0 Å². The molecule has 2 aromatic rings. The molecule has 3 nitrogen and oxygen atoms in total. The van der Waals surface area contributed by atoms with Crippen LogP contribution in [0.25, 0.3) is 0 Å². The van der Waals surface area contributed by atoms with Gasteiger partial charge >= 0.3 is 0 Å². The average Bonchev–Trinajstić information content (AvgIpc) is 2.49. The Kier molecular flexibility index (Phi) is 5.70. The molecule has 1 N–H and O–H groups in total. The number of ether oxygens (including phenoxy) is 1. The summed E-state index contributed by atoms with van der Waals surface area (Å²) in [4.78, 5) is 12.1. The highest BCUT2D eigenvalue weighted by molar-refractivity contribution is 9.10. The molecule has 0 aliphatic carbocycles. The Morgan fingerprint density at radius 2 is 1.79 bits per heavy atom. The normalized spacial score (nSPS) is 11.2. The molecular weight excluding hydrogens is 366 g/mol. The Hall–Kier alpha value is -1.81. The third-order valence-electron chi connectivity index (χ3n) is 3.95. The van der Waals surface area contributed by atoms with Crippen molar-refractivity contribution in [3.63, 3.8) is 0 Å². The number of benzene rings is 2. The number of hydrogen-bond donors (Lipinski definition) is 1. The minimum Gasteiger partial charge on any atom is -0.483 e. The van der Waals surface area contributed by atoms with Crippen LogP contribution in [0.3, 0.4) is 0 Å². The third-order valence-corrected chi connectivity index (χ3v) is 4.57. The molecule has 0 radical (unpaired) electrons. The first-order valence-corrected chi connectivity index (χ1v) is 8.76. The van der Waals surface area contributed by atoms with Gasteiger partial charge in [0.05, 0.1) is 4.47 Å². The summed E-state index contributed by atoms with van der Waals surface area (Å²) >= 11 is 3.52. The van der Waals surface area contributed by atoms with Crippen LogP contribution in [-0.4, -0.2) is 12.5 Å². The largest absolute Gasteiger partial charge is 0.483 e. The van der Waals surface area contributed by atoms with Crippen molar-refractivity contribution in [1.29, 1.82) is 0 Å². The summed E-state index contributed by atoms with van der Waals surface area (Å²) in [5, 5.41) is 2.86. The summed E-state index contributed by atoms with van der Waals surface area (Å²) in [5.74, 6) is 0.489. The minimum absolute atomic E-state index is 0.0274. The predicted octanol–water partition coefficient (Wildman–Crippen LogP) is 5.38. The molecule has 0 atom stereocenters. The molecule has 2 rings (SSSR count). The fraction of sp³-hybridized carbons (Fsp3) is 0.350. The van der Waals surface area contributed by atoms with Crippen molar-refractivity contribution in [3.05, 3.63) is 57.6 Å². The van der Waals surface area contributed by atoms with Crippen LogP contribution in [0.2, 0.25) is 0 Å². The van der Waals surface area contributed by atoms with E-state index in [9.17, 15) is 4.79 Å². The summed E-state index contributed by atoms with van der Waals surface area (Å²) < 4.78 is 6.49. The average molecular weight is 390 g/mol. The Morgan fingerprint density at radius 1 is 1.08 bits per heavy atom. The highest BCUT2D eigenvalue weighted by atomic mass is 79.9. The van der Waals surface area contributed by atoms with Gasteiger partial charge in [0.25, 0.3) is 5.91 Å². The zero-order valence-corrected chi connectivity index (χ0v) is 16.5. The molecule has 4 heteroatoms. The van der Waals surface area contributed by atoms with Crippen LogP contribution in [0, 0.1) is 13.8 Å². The summed E-state index contributed by atoms with van der Waals surface area (Å²) in [7, 11) is 0. The van der Waals surface area contributed by atoms with Gasteiger partial charge in [0.2, 0.25) is 0 Å². The molecule has 0 aliphatic heterocycles. The fourth-order valence-electron chi connectivity index (χ4n) is 2.24.